The fourth-order valence-corrected chi connectivity index (χ4v) is 1.52. The zero-order valence-corrected chi connectivity index (χ0v) is 7.82. The lowest BCUT2D eigenvalue weighted by Crippen LogP contribution is -2.30. The van der Waals surface area contributed by atoms with Crippen molar-refractivity contribution >= 4 is 16.4 Å². The molecule has 0 heterocycles. The van der Waals surface area contributed by atoms with Crippen LogP contribution in [0.1, 0.15) is 0 Å². The molecule has 0 fully saturated rings. The second kappa shape index (κ2) is 4.70. The number of carbonyl (C=O) groups is 1. The Morgan fingerprint density at radius 1 is 1.21 bits per heavy atom. The van der Waals surface area contributed by atoms with Gasteiger partial charge in [-0.15, -0.1) is 0 Å². The quantitative estimate of drug-likeness (QED) is 0.397. The summed E-state index contributed by atoms with van der Waals surface area (Å²) in [5.41, 5.74) is 1.70. The van der Waals surface area contributed by atoms with E-state index in [0.29, 0.717) is 0 Å². The van der Waals surface area contributed by atoms with Crippen LogP contribution >= 0.6 is 0 Å². The first-order valence-corrected chi connectivity index (χ1v) is 5.07. The highest BCUT2D eigenvalue weighted by Gasteiger charge is 2.12. The lowest BCUT2D eigenvalue weighted by Gasteiger charge is -2.04. The van der Waals surface area contributed by atoms with E-state index in [1.807, 2.05) is 0 Å². The van der Waals surface area contributed by atoms with Crippen LogP contribution in [0.2, 0.25) is 0 Å². The molecular formula is C7H8N2O4S. The summed E-state index contributed by atoms with van der Waals surface area (Å²) < 4.78 is 22.6. The Labute approximate surface area is 80.8 Å². The molecule has 1 aromatic rings. The number of hydroxylamine groups is 1. The first-order chi connectivity index (χ1) is 6.67. The Bertz CT molecular complexity index is 389. The lowest BCUT2D eigenvalue weighted by atomic mass is 10.4. The van der Waals surface area contributed by atoms with Gasteiger partial charge in [0, 0.05) is 0 Å². The second-order valence-corrected chi connectivity index (χ2v) is 3.88. The molecule has 7 heteroatoms. The number of hydrogen-bond acceptors (Lipinski definition) is 4. The minimum atomic E-state index is -3.73. The number of carbonyl (C=O) groups excluding carboxylic acids is 1. The van der Waals surface area contributed by atoms with Gasteiger partial charge in [-0.1, -0.05) is 23.1 Å². The van der Waals surface area contributed by atoms with Gasteiger partial charge in [0.25, 0.3) is 10.0 Å². The first-order valence-electron chi connectivity index (χ1n) is 3.58. The third kappa shape index (κ3) is 2.80. The van der Waals surface area contributed by atoms with E-state index in [4.69, 9.17) is 0 Å². The maximum atomic E-state index is 11.3. The number of amides is 1. The van der Waals surface area contributed by atoms with Gasteiger partial charge in [-0.2, -0.15) is 4.94 Å². The minimum absolute atomic E-state index is 0.0488. The molecule has 0 bridgehead atoms. The fraction of sp³-hybridized carbons (Fsp3) is 0. The third-order valence-corrected chi connectivity index (χ3v) is 2.51. The lowest BCUT2D eigenvalue weighted by molar-refractivity contribution is -0.123. The molecule has 0 unspecified atom stereocenters. The van der Waals surface area contributed by atoms with Gasteiger partial charge in [0.1, 0.15) is 0 Å². The second-order valence-electron chi connectivity index (χ2n) is 2.24. The van der Waals surface area contributed by atoms with Crippen molar-refractivity contribution in [1.29, 1.82) is 0 Å². The normalized spacial score (nSPS) is 10.9. The average Bonchev–Trinajstić information content (AvgIpc) is 2.19. The molecule has 1 rings (SSSR count). The smallest absolute Gasteiger partial charge is 0.264 e. The molecular weight excluding hydrogens is 208 g/mol. The molecule has 1 amide bonds. The molecule has 0 saturated heterocycles. The molecule has 0 radical (unpaired) electrons. The highest BCUT2D eigenvalue weighted by molar-refractivity contribution is 7.89. The van der Waals surface area contributed by atoms with Gasteiger partial charge in [0.2, 0.25) is 6.41 Å². The summed E-state index contributed by atoms with van der Waals surface area (Å²) >= 11 is 0. The predicted molar refractivity (Wildman–Crippen MR) is 47.0 cm³/mol. The Hall–Kier alpha value is -1.44. The van der Waals surface area contributed by atoms with Crippen molar-refractivity contribution in [3.8, 4) is 0 Å². The van der Waals surface area contributed by atoms with E-state index >= 15 is 0 Å². The van der Waals surface area contributed by atoms with Crippen LogP contribution in [0.15, 0.2) is 35.2 Å². The van der Waals surface area contributed by atoms with E-state index in [-0.39, 0.29) is 11.3 Å². The van der Waals surface area contributed by atoms with Gasteiger partial charge in [-0.05, 0) is 12.1 Å². The minimum Gasteiger partial charge on any atom is -0.277 e. The van der Waals surface area contributed by atoms with Crippen LogP contribution in [0.25, 0.3) is 0 Å². The van der Waals surface area contributed by atoms with Gasteiger partial charge in [0.05, 0.1) is 4.90 Å². The molecule has 14 heavy (non-hydrogen) atoms. The van der Waals surface area contributed by atoms with Crippen LogP contribution in [-0.4, -0.2) is 14.8 Å². The molecule has 6 nitrogen and oxygen atoms in total. The van der Waals surface area contributed by atoms with E-state index in [9.17, 15) is 13.2 Å². The largest absolute Gasteiger partial charge is 0.277 e. The van der Waals surface area contributed by atoms with Crippen LogP contribution in [0.4, 0.5) is 0 Å². The van der Waals surface area contributed by atoms with E-state index in [1.54, 1.807) is 28.6 Å². The molecule has 0 aromatic heterocycles. The van der Waals surface area contributed by atoms with Gasteiger partial charge < -0.3 is 0 Å². The SMILES string of the molecule is O=CNONS(=O)(=O)c1ccccc1. The van der Waals surface area contributed by atoms with Crippen molar-refractivity contribution in [3.05, 3.63) is 30.3 Å². The Balaban J connectivity index is 2.72. The number of rotatable bonds is 5. The van der Waals surface area contributed by atoms with Crippen molar-refractivity contribution in [2.24, 2.45) is 0 Å². The van der Waals surface area contributed by atoms with Gasteiger partial charge in [0.15, 0.2) is 0 Å². The zero-order valence-electron chi connectivity index (χ0n) is 7.01. The summed E-state index contributed by atoms with van der Waals surface area (Å²) in [6.07, 6.45) is 0.202. The van der Waals surface area contributed by atoms with Crippen molar-refractivity contribution in [2.45, 2.75) is 4.90 Å². The first kappa shape index (κ1) is 10.6. The number of hydrogen-bond donors (Lipinski definition) is 2. The molecule has 76 valence electrons. The van der Waals surface area contributed by atoms with Gasteiger partial charge in [-0.3, -0.25) is 4.79 Å². The van der Waals surface area contributed by atoms with Crippen molar-refractivity contribution < 1.29 is 18.2 Å². The van der Waals surface area contributed by atoms with Crippen LogP contribution in [0.3, 0.4) is 0 Å². The number of nitrogens with one attached hydrogen (secondary N) is 2. The summed E-state index contributed by atoms with van der Waals surface area (Å²) in [4.78, 5) is 15.7. The highest BCUT2D eigenvalue weighted by Crippen LogP contribution is 2.05. The molecule has 2 N–H and O–H groups in total. The molecule has 0 atom stereocenters. The molecule has 0 saturated carbocycles. The van der Waals surface area contributed by atoms with Crippen LogP contribution in [0.5, 0.6) is 0 Å². The summed E-state index contributed by atoms with van der Waals surface area (Å²) in [7, 11) is -3.73. The van der Waals surface area contributed by atoms with E-state index in [2.05, 4.69) is 4.94 Å². The zero-order chi connectivity index (χ0) is 10.4. The molecule has 0 aliphatic carbocycles. The van der Waals surface area contributed by atoms with E-state index in [1.165, 1.54) is 12.1 Å². The summed E-state index contributed by atoms with van der Waals surface area (Å²) in [5, 5.41) is 0. The predicted octanol–water partition coefficient (Wildman–Crippen LogP) is -0.443. The Morgan fingerprint density at radius 2 is 1.86 bits per heavy atom. The topological polar surface area (TPSA) is 84.5 Å². The average molecular weight is 216 g/mol. The fourth-order valence-electron chi connectivity index (χ4n) is 0.751. The third-order valence-electron chi connectivity index (χ3n) is 1.31. The Morgan fingerprint density at radius 3 is 2.43 bits per heavy atom. The van der Waals surface area contributed by atoms with E-state index < -0.39 is 10.0 Å². The van der Waals surface area contributed by atoms with Crippen LogP contribution in [-0.2, 0) is 19.8 Å². The summed E-state index contributed by atoms with van der Waals surface area (Å²) in [5.74, 6) is 0. The van der Waals surface area contributed by atoms with E-state index in [0.717, 1.165) is 0 Å². The number of benzene rings is 1. The number of sulfonamides is 1. The summed E-state index contributed by atoms with van der Waals surface area (Å²) in [6, 6.07) is 7.62. The summed E-state index contributed by atoms with van der Waals surface area (Å²) in [6.45, 7) is 0. The van der Waals surface area contributed by atoms with Crippen LogP contribution in [0, 0.1) is 0 Å². The Kier molecular flexibility index (Phi) is 3.57. The molecule has 0 spiro atoms. The maximum Gasteiger partial charge on any atom is 0.264 e. The molecule has 0 aliphatic rings. The standard InChI is InChI=1S/C7H8N2O4S/c10-6-8-13-9-14(11,12)7-4-2-1-3-5-7/h1-6,9H,(H,8,10). The monoisotopic (exact) mass is 216 g/mol. The molecule has 1 aromatic carbocycles. The maximum absolute atomic E-state index is 11.3. The van der Waals surface area contributed by atoms with Crippen molar-refractivity contribution in [1.82, 2.24) is 10.4 Å². The highest BCUT2D eigenvalue weighted by atomic mass is 32.2. The van der Waals surface area contributed by atoms with Gasteiger partial charge in [-0.25, -0.2) is 13.9 Å². The van der Waals surface area contributed by atoms with Crippen molar-refractivity contribution in [2.75, 3.05) is 0 Å². The molecule has 0 aliphatic heterocycles. The van der Waals surface area contributed by atoms with Crippen molar-refractivity contribution in [3.63, 3.8) is 0 Å². The van der Waals surface area contributed by atoms with Crippen LogP contribution < -0.4 is 10.4 Å². The van der Waals surface area contributed by atoms with Gasteiger partial charge >= 0.3 is 0 Å².